The Hall–Kier alpha value is -3.72. The van der Waals surface area contributed by atoms with Crippen LogP contribution < -0.4 is 21.7 Å². The highest BCUT2D eigenvalue weighted by Gasteiger charge is 2.28. The van der Waals surface area contributed by atoms with Gasteiger partial charge in [-0.25, -0.2) is 4.79 Å². The fraction of sp³-hybridized carbons (Fsp3) is 0.385. The zero-order valence-electron chi connectivity index (χ0n) is 20.2. The molecule has 2 rings (SSSR count). The van der Waals surface area contributed by atoms with E-state index in [1.165, 1.54) is 0 Å². The molecule has 9 heteroatoms. The number of hydrogen-bond acceptors (Lipinski definition) is 6. The molecule has 0 saturated heterocycles. The highest BCUT2D eigenvalue weighted by molar-refractivity contribution is 5.92. The van der Waals surface area contributed by atoms with Crippen molar-refractivity contribution in [3.63, 3.8) is 0 Å². The Kier molecular flexibility index (Phi) is 11.4. The number of amides is 3. The van der Waals surface area contributed by atoms with Gasteiger partial charge in [0.2, 0.25) is 17.7 Å². The van der Waals surface area contributed by atoms with Crippen LogP contribution in [0.2, 0.25) is 0 Å². The smallest absolute Gasteiger partial charge is 0.328 e. The zero-order valence-corrected chi connectivity index (χ0v) is 20.2. The third-order valence-corrected chi connectivity index (χ3v) is 5.10. The topological polar surface area (TPSA) is 140 Å². The van der Waals surface area contributed by atoms with Crippen molar-refractivity contribution in [1.29, 1.82) is 0 Å². The van der Waals surface area contributed by atoms with E-state index >= 15 is 0 Å². The summed E-state index contributed by atoms with van der Waals surface area (Å²) in [6.07, 6.45) is 0.578. The molecule has 0 unspecified atom stereocenters. The molecule has 0 aliphatic rings. The standard InChI is InChI=1S/C26H34N4O5/c1-18(2)13-22(26(34)35-17-20-11-7-4-8-12-20)30-25(33)21(14-19-9-5-3-6-10-19)29-24(32)16-28-23(31)15-27/h3-12,18,21-22H,13-17,27H2,1-2H3,(H,28,31)(H,29,32)(H,30,33)/t21-,22-/m0/s1. The van der Waals surface area contributed by atoms with Gasteiger partial charge in [0.15, 0.2) is 0 Å². The van der Waals surface area contributed by atoms with Crippen molar-refractivity contribution in [2.45, 2.75) is 45.4 Å². The number of nitrogens with one attached hydrogen (secondary N) is 3. The van der Waals surface area contributed by atoms with Gasteiger partial charge in [0, 0.05) is 6.42 Å². The fourth-order valence-corrected chi connectivity index (χ4v) is 3.34. The summed E-state index contributed by atoms with van der Waals surface area (Å²) in [6, 6.07) is 16.6. The molecule has 9 nitrogen and oxygen atoms in total. The summed E-state index contributed by atoms with van der Waals surface area (Å²) in [7, 11) is 0. The van der Waals surface area contributed by atoms with Crippen molar-refractivity contribution in [1.82, 2.24) is 16.0 Å². The van der Waals surface area contributed by atoms with Crippen LogP contribution in [0, 0.1) is 5.92 Å². The molecule has 0 saturated carbocycles. The Morgan fingerprint density at radius 2 is 1.43 bits per heavy atom. The number of rotatable bonds is 13. The molecular weight excluding hydrogens is 448 g/mol. The van der Waals surface area contributed by atoms with Gasteiger partial charge in [0.05, 0.1) is 13.1 Å². The monoisotopic (exact) mass is 482 g/mol. The van der Waals surface area contributed by atoms with E-state index in [0.717, 1.165) is 11.1 Å². The number of nitrogens with two attached hydrogens (primary N) is 1. The van der Waals surface area contributed by atoms with Crippen molar-refractivity contribution >= 4 is 23.7 Å². The quantitative estimate of drug-likeness (QED) is 0.315. The van der Waals surface area contributed by atoms with E-state index in [0.29, 0.717) is 6.42 Å². The molecule has 0 aliphatic heterocycles. The predicted octanol–water partition coefficient (Wildman–Crippen LogP) is 1.06. The van der Waals surface area contributed by atoms with Crippen LogP contribution in [0.15, 0.2) is 60.7 Å². The number of carbonyl (C=O) groups excluding carboxylic acids is 4. The van der Waals surface area contributed by atoms with Crippen molar-refractivity contribution in [2.75, 3.05) is 13.1 Å². The lowest BCUT2D eigenvalue weighted by Crippen LogP contribution is -2.54. The molecule has 3 amide bonds. The Balaban J connectivity index is 2.09. The van der Waals surface area contributed by atoms with Crippen molar-refractivity contribution in [3.05, 3.63) is 71.8 Å². The summed E-state index contributed by atoms with van der Waals surface area (Å²) in [4.78, 5) is 49.8. The van der Waals surface area contributed by atoms with Gasteiger partial charge in [0.1, 0.15) is 18.7 Å². The first kappa shape index (κ1) is 27.5. The molecular formula is C26H34N4O5. The average Bonchev–Trinajstić information content (AvgIpc) is 2.85. The molecule has 35 heavy (non-hydrogen) atoms. The maximum Gasteiger partial charge on any atom is 0.328 e. The Morgan fingerprint density at radius 3 is 2.00 bits per heavy atom. The van der Waals surface area contributed by atoms with Crippen molar-refractivity contribution < 1.29 is 23.9 Å². The van der Waals surface area contributed by atoms with Crippen LogP contribution in [0.1, 0.15) is 31.4 Å². The molecule has 0 bridgehead atoms. The molecule has 2 aromatic rings. The van der Waals surface area contributed by atoms with Gasteiger partial charge in [-0.1, -0.05) is 74.5 Å². The fourth-order valence-electron chi connectivity index (χ4n) is 3.34. The summed E-state index contributed by atoms with van der Waals surface area (Å²) in [6.45, 7) is 3.40. The van der Waals surface area contributed by atoms with Crippen LogP contribution >= 0.6 is 0 Å². The first-order valence-electron chi connectivity index (χ1n) is 11.6. The molecule has 5 N–H and O–H groups in total. The van der Waals surface area contributed by atoms with E-state index in [1.54, 1.807) is 0 Å². The minimum atomic E-state index is -0.962. The molecule has 0 aliphatic carbocycles. The largest absolute Gasteiger partial charge is 0.459 e. The zero-order chi connectivity index (χ0) is 25.6. The molecule has 0 aromatic heterocycles. The molecule has 2 atom stereocenters. The number of ether oxygens (including phenoxy) is 1. The Bertz CT molecular complexity index is 966. The molecule has 188 valence electrons. The molecule has 0 radical (unpaired) electrons. The van der Waals surface area contributed by atoms with Gasteiger partial charge in [-0.05, 0) is 23.5 Å². The highest BCUT2D eigenvalue weighted by Crippen LogP contribution is 2.10. The summed E-state index contributed by atoms with van der Waals surface area (Å²) in [5.41, 5.74) is 6.91. The van der Waals surface area contributed by atoms with Gasteiger partial charge in [0.25, 0.3) is 0 Å². The van der Waals surface area contributed by atoms with Crippen molar-refractivity contribution in [2.24, 2.45) is 11.7 Å². The highest BCUT2D eigenvalue weighted by atomic mass is 16.5. The van der Waals surface area contributed by atoms with Crippen molar-refractivity contribution in [3.8, 4) is 0 Å². The number of hydrogen-bond donors (Lipinski definition) is 4. The second-order valence-electron chi connectivity index (χ2n) is 8.57. The predicted molar refractivity (Wildman–Crippen MR) is 132 cm³/mol. The Labute approximate surface area is 205 Å². The van der Waals surface area contributed by atoms with Gasteiger partial charge in [-0.15, -0.1) is 0 Å². The normalized spacial score (nSPS) is 12.3. The number of esters is 1. The van der Waals surface area contributed by atoms with E-state index in [4.69, 9.17) is 10.5 Å². The minimum Gasteiger partial charge on any atom is -0.459 e. The maximum absolute atomic E-state index is 13.2. The van der Waals surface area contributed by atoms with Crippen LogP contribution in [0.4, 0.5) is 0 Å². The van der Waals surface area contributed by atoms with E-state index in [2.05, 4.69) is 16.0 Å². The first-order valence-corrected chi connectivity index (χ1v) is 11.6. The summed E-state index contributed by atoms with van der Waals surface area (Å²) in [5, 5.41) is 7.77. The molecule has 0 heterocycles. The van der Waals surface area contributed by atoms with Gasteiger partial charge in [-0.3, -0.25) is 14.4 Å². The lowest BCUT2D eigenvalue weighted by Gasteiger charge is -2.24. The lowest BCUT2D eigenvalue weighted by atomic mass is 10.0. The van der Waals surface area contributed by atoms with E-state index in [1.807, 2.05) is 74.5 Å². The second-order valence-corrected chi connectivity index (χ2v) is 8.57. The molecule has 0 fully saturated rings. The second kappa shape index (κ2) is 14.5. The SMILES string of the molecule is CC(C)C[C@H](NC(=O)[C@H](Cc1ccccc1)NC(=O)CNC(=O)CN)C(=O)OCc1ccccc1. The summed E-state index contributed by atoms with van der Waals surface area (Å²) in [5.74, 6) is -1.99. The third kappa shape index (κ3) is 10.4. The van der Waals surface area contributed by atoms with E-state index in [-0.39, 0.29) is 32.0 Å². The number of benzene rings is 2. The van der Waals surface area contributed by atoms with E-state index in [9.17, 15) is 19.2 Å². The first-order chi connectivity index (χ1) is 16.8. The van der Waals surface area contributed by atoms with Gasteiger partial charge >= 0.3 is 5.97 Å². The van der Waals surface area contributed by atoms with E-state index < -0.39 is 35.8 Å². The molecule has 2 aromatic carbocycles. The maximum atomic E-state index is 13.2. The van der Waals surface area contributed by atoms with Crippen LogP contribution in [0.25, 0.3) is 0 Å². The third-order valence-electron chi connectivity index (χ3n) is 5.10. The summed E-state index contributed by atoms with van der Waals surface area (Å²) < 4.78 is 5.45. The van der Waals surface area contributed by atoms with Gasteiger partial charge in [-0.2, -0.15) is 0 Å². The minimum absolute atomic E-state index is 0.0924. The van der Waals surface area contributed by atoms with Crippen LogP contribution in [-0.2, 0) is 36.9 Å². The van der Waals surface area contributed by atoms with Crippen LogP contribution in [-0.4, -0.2) is 48.9 Å². The number of carbonyl (C=O) groups is 4. The van der Waals surface area contributed by atoms with Gasteiger partial charge < -0.3 is 26.4 Å². The molecule has 0 spiro atoms. The summed E-state index contributed by atoms with van der Waals surface area (Å²) >= 11 is 0. The lowest BCUT2D eigenvalue weighted by molar-refractivity contribution is -0.149. The van der Waals surface area contributed by atoms with Crippen LogP contribution in [0.5, 0.6) is 0 Å². The van der Waals surface area contributed by atoms with Crippen LogP contribution in [0.3, 0.4) is 0 Å². The average molecular weight is 483 g/mol. The Morgan fingerprint density at radius 1 is 0.829 bits per heavy atom.